The van der Waals surface area contributed by atoms with Crippen LogP contribution in [0.25, 0.3) is 11.3 Å². The molecule has 1 heterocycles. The summed E-state index contributed by atoms with van der Waals surface area (Å²) in [6.07, 6.45) is 1.35. The summed E-state index contributed by atoms with van der Waals surface area (Å²) in [5.74, 6) is 0.143. The number of amides is 1. The normalized spacial score (nSPS) is 12.9. The van der Waals surface area contributed by atoms with Gasteiger partial charge in [-0.3, -0.25) is 4.79 Å². The Bertz CT molecular complexity index is 1220. The molecule has 0 radical (unpaired) electrons. The molecule has 1 aromatic heterocycles. The highest BCUT2D eigenvalue weighted by molar-refractivity contribution is 7.89. The molecule has 0 aliphatic carbocycles. The zero-order valence-electron chi connectivity index (χ0n) is 17.9. The molecule has 2 N–H and O–H groups in total. The van der Waals surface area contributed by atoms with Gasteiger partial charge in [0.1, 0.15) is 17.6 Å². The number of nitrogens with zero attached hydrogens (tertiary/aromatic N) is 1. The van der Waals surface area contributed by atoms with E-state index >= 15 is 0 Å². The van der Waals surface area contributed by atoms with Gasteiger partial charge in [0.05, 0.1) is 11.1 Å². The minimum absolute atomic E-state index is 0.0918. The van der Waals surface area contributed by atoms with Crippen molar-refractivity contribution in [3.63, 3.8) is 0 Å². The molecule has 0 fully saturated rings. The molecule has 0 spiro atoms. The van der Waals surface area contributed by atoms with Crippen molar-refractivity contribution in [3.8, 4) is 11.3 Å². The summed E-state index contributed by atoms with van der Waals surface area (Å²) < 4.78 is 33.5. The highest BCUT2D eigenvalue weighted by Crippen LogP contribution is 2.24. The van der Waals surface area contributed by atoms with E-state index in [0.717, 1.165) is 11.1 Å². The number of furan rings is 1. The molecule has 32 heavy (non-hydrogen) atoms. The molecule has 0 unspecified atom stereocenters. The fourth-order valence-electron chi connectivity index (χ4n) is 2.89. The van der Waals surface area contributed by atoms with Crippen LogP contribution in [0.15, 0.2) is 75.1 Å². The minimum Gasteiger partial charge on any atom is -0.455 e. The van der Waals surface area contributed by atoms with Crippen LogP contribution in [-0.2, 0) is 14.8 Å². The largest absolute Gasteiger partial charge is 0.455 e. The second kappa shape index (κ2) is 10.1. The Morgan fingerprint density at radius 3 is 2.47 bits per heavy atom. The van der Waals surface area contributed by atoms with Gasteiger partial charge in [0.2, 0.25) is 10.0 Å². The first-order valence-corrected chi connectivity index (χ1v) is 11.8. The number of rotatable bonds is 8. The minimum atomic E-state index is -3.87. The van der Waals surface area contributed by atoms with Gasteiger partial charge in [0.15, 0.2) is 0 Å². The number of hydrazone groups is 1. The quantitative estimate of drug-likeness (QED) is 0.375. The lowest BCUT2D eigenvalue weighted by atomic mass is 10.1. The highest BCUT2D eigenvalue weighted by atomic mass is 35.5. The summed E-state index contributed by atoms with van der Waals surface area (Å²) in [7, 11) is -3.87. The SMILES string of the molecule is Cc1ccc(S(=O)(=O)N[C@H](C(=O)N/N=C\c2ccc(-c3cccc(Cl)c3)o2)C(C)C)cc1. The number of aryl methyl sites for hydroxylation is 1. The fourth-order valence-corrected chi connectivity index (χ4v) is 4.43. The summed E-state index contributed by atoms with van der Waals surface area (Å²) in [6.45, 7) is 5.36. The first-order valence-electron chi connectivity index (χ1n) is 9.93. The summed E-state index contributed by atoms with van der Waals surface area (Å²) in [4.78, 5) is 12.7. The van der Waals surface area contributed by atoms with E-state index in [4.69, 9.17) is 16.0 Å². The molecule has 9 heteroatoms. The Labute approximate surface area is 192 Å². The number of halogens is 1. The molecule has 3 aromatic rings. The van der Waals surface area contributed by atoms with Crippen molar-refractivity contribution >= 4 is 33.7 Å². The van der Waals surface area contributed by atoms with Crippen molar-refractivity contribution in [2.24, 2.45) is 11.0 Å². The van der Waals surface area contributed by atoms with Gasteiger partial charge in [-0.25, -0.2) is 13.8 Å². The Balaban J connectivity index is 1.66. The number of benzene rings is 2. The Morgan fingerprint density at radius 2 is 1.81 bits per heavy atom. The first kappa shape index (κ1) is 23.7. The van der Waals surface area contributed by atoms with E-state index in [0.29, 0.717) is 16.5 Å². The standard InChI is InChI=1S/C23H24ClN3O4S/c1-15(2)22(27-32(29,30)20-10-7-16(3)8-11-20)23(28)26-25-14-19-9-12-21(31-19)17-5-4-6-18(24)13-17/h4-15,22,27H,1-3H3,(H,26,28)/b25-14-/t22-/m0/s1. The summed E-state index contributed by atoms with van der Waals surface area (Å²) in [5, 5.41) is 4.50. The van der Waals surface area contributed by atoms with Crippen LogP contribution >= 0.6 is 11.6 Å². The lowest BCUT2D eigenvalue weighted by Gasteiger charge is -2.20. The molecule has 0 bridgehead atoms. The van der Waals surface area contributed by atoms with Crippen LogP contribution < -0.4 is 10.1 Å². The summed E-state index contributed by atoms with van der Waals surface area (Å²) in [5.41, 5.74) is 4.13. The molecule has 2 aromatic carbocycles. The topological polar surface area (TPSA) is 101 Å². The predicted molar refractivity (Wildman–Crippen MR) is 125 cm³/mol. The van der Waals surface area contributed by atoms with E-state index in [-0.39, 0.29) is 10.8 Å². The smallest absolute Gasteiger partial charge is 0.258 e. The predicted octanol–water partition coefficient (Wildman–Crippen LogP) is 4.36. The van der Waals surface area contributed by atoms with E-state index in [2.05, 4.69) is 15.2 Å². The van der Waals surface area contributed by atoms with Crippen molar-refractivity contribution in [1.82, 2.24) is 10.1 Å². The van der Waals surface area contributed by atoms with Crippen LogP contribution in [0.5, 0.6) is 0 Å². The third-order valence-corrected chi connectivity index (χ3v) is 6.36. The number of carbonyl (C=O) groups is 1. The molecular weight excluding hydrogens is 450 g/mol. The van der Waals surface area contributed by atoms with Gasteiger partial charge in [-0.05, 0) is 49.2 Å². The molecule has 168 valence electrons. The van der Waals surface area contributed by atoms with E-state index in [1.165, 1.54) is 18.3 Å². The lowest BCUT2D eigenvalue weighted by Crippen LogP contribution is -2.48. The average molecular weight is 474 g/mol. The van der Waals surface area contributed by atoms with Gasteiger partial charge in [0, 0.05) is 10.6 Å². The molecular formula is C23H24ClN3O4S. The molecule has 3 rings (SSSR count). The van der Waals surface area contributed by atoms with Gasteiger partial charge in [-0.2, -0.15) is 9.82 Å². The fraction of sp³-hybridized carbons (Fsp3) is 0.217. The second-order valence-electron chi connectivity index (χ2n) is 7.60. The molecule has 0 aliphatic heterocycles. The Kier molecular flexibility index (Phi) is 7.50. The number of hydrogen-bond acceptors (Lipinski definition) is 5. The van der Waals surface area contributed by atoms with Crippen molar-refractivity contribution < 1.29 is 17.6 Å². The molecule has 7 nitrogen and oxygen atoms in total. The van der Waals surface area contributed by atoms with E-state index in [1.54, 1.807) is 50.2 Å². The highest BCUT2D eigenvalue weighted by Gasteiger charge is 2.28. The monoisotopic (exact) mass is 473 g/mol. The van der Waals surface area contributed by atoms with E-state index < -0.39 is 22.0 Å². The van der Waals surface area contributed by atoms with Crippen molar-refractivity contribution in [1.29, 1.82) is 0 Å². The van der Waals surface area contributed by atoms with Crippen LogP contribution in [0.3, 0.4) is 0 Å². The maximum atomic E-state index is 12.7. The van der Waals surface area contributed by atoms with Crippen LogP contribution in [0.1, 0.15) is 25.2 Å². The average Bonchev–Trinajstić information content (AvgIpc) is 3.21. The van der Waals surface area contributed by atoms with Crippen molar-refractivity contribution in [3.05, 3.63) is 77.0 Å². The van der Waals surface area contributed by atoms with Gasteiger partial charge in [0.25, 0.3) is 5.91 Å². The number of sulfonamides is 1. The van der Waals surface area contributed by atoms with Crippen molar-refractivity contribution in [2.75, 3.05) is 0 Å². The van der Waals surface area contributed by atoms with Gasteiger partial charge < -0.3 is 4.42 Å². The third-order valence-electron chi connectivity index (χ3n) is 4.66. The summed E-state index contributed by atoms with van der Waals surface area (Å²) in [6, 6.07) is 16.1. The number of carbonyl (C=O) groups excluding carboxylic acids is 1. The number of hydrogen-bond donors (Lipinski definition) is 2. The maximum absolute atomic E-state index is 12.7. The molecule has 1 amide bonds. The Morgan fingerprint density at radius 1 is 1.09 bits per heavy atom. The number of nitrogens with one attached hydrogen (secondary N) is 2. The molecule has 0 aliphatic rings. The first-order chi connectivity index (χ1) is 15.2. The zero-order valence-corrected chi connectivity index (χ0v) is 19.4. The van der Waals surface area contributed by atoms with E-state index in [1.807, 2.05) is 19.1 Å². The van der Waals surface area contributed by atoms with Gasteiger partial charge in [-0.15, -0.1) is 0 Å². The van der Waals surface area contributed by atoms with Crippen molar-refractivity contribution in [2.45, 2.75) is 31.7 Å². The van der Waals surface area contributed by atoms with Crippen LogP contribution in [0, 0.1) is 12.8 Å². The van der Waals surface area contributed by atoms with Gasteiger partial charge in [-0.1, -0.05) is 55.3 Å². The summed E-state index contributed by atoms with van der Waals surface area (Å²) >= 11 is 6.00. The van der Waals surface area contributed by atoms with Crippen LogP contribution in [0.4, 0.5) is 0 Å². The maximum Gasteiger partial charge on any atom is 0.258 e. The zero-order chi connectivity index (χ0) is 23.3. The van der Waals surface area contributed by atoms with Crippen LogP contribution in [-0.4, -0.2) is 26.6 Å². The van der Waals surface area contributed by atoms with Gasteiger partial charge >= 0.3 is 0 Å². The van der Waals surface area contributed by atoms with Crippen LogP contribution in [0.2, 0.25) is 5.02 Å². The lowest BCUT2D eigenvalue weighted by molar-refractivity contribution is -0.123. The Hall–Kier alpha value is -2.94. The molecule has 0 saturated carbocycles. The van der Waals surface area contributed by atoms with E-state index in [9.17, 15) is 13.2 Å². The second-order valence-corrected chi connectivity index (χ2v) is 9.75. The molecule has 0 saturated heterocycles. The third kappa shape index (κ3) is 6.06. The molecule has 1 atom stereocenters.